The summed E-state index contributed by atoms with van der Waals surface area (Å²) in [6.45, 7) is 8.01. The molecule has 2 aromatic heterocycles. The van der Waals surface area contributed by atoms with Crippen molar-refractivity contribution in [3.8, 4) is 17.2 Å². The number of hydrogen-bond acceptors (Lipinski definition) is 8. The van der Waals surface area contributed by atoms with Gasteiger partial charge in [0, 0.05) is 59.6 Å². The zero-order chi connectivity index (χ0) is 38.9. The maximum atomic E-state index is 13.1. The molecule has 4 atom stereocenters. The van der Waals surface area contributed by atoms with Gasteiger partial charge in [-0.05, 0) is 147 Å². The van der Waals surface area contributed by atoms with E-state index in [4.69, 9.17) is 25.8 Å². The van der Waals surface area contributed by atoms with E-state index in [1.54, 1.807) is 6.20 Å². The molecule has 2 N–H and O–H groups in total. The van der Waals surface area contributed by atoms with Gasteiger partial charge in [0.25, 0.3) is 0 Å². The minimum absolute atomic E-state index is 0.197. The van der Waals surface area contributed by atoms with Crippen LogP contribution < -0.4 is 19.5 Å². The van der Waals surface area contributed by atoms with Crippen LogP contribution in [0.5, 0.6) is 17.2 Å². The number of anilines is 1. The molecule has 1 saturated carbocycles. The van der Waals surface area contributed by atoms with Gasteiger partial charge < -0.3 is 29.5 Å². The number of halogens is 1. The summed E-state index contributed by atoms with van der Waals surface area (Å²) < 4.78 is 19.7. The average molecular weight is 779 g/mol. The van der Waals surface area contributed by atoms with Gasteiger partial charge in [-0.1, -0.05) is 37.6 Å². The molecule has 56 heavy (non-hydrogen) atoms. The molecule has 0 radical (unpaired) electrons. The molecule has 1 spiro atoms. The Morgan fingerprint density at radius 3 is 2.62 bits per heavy atom. The van der Waals surface area contributed by atoms with Crippen LogP contribution in [0.4, 0.5) is 5.69 Å². The first kappa shape index (κ1) is 38.5. The molecule has 0 amide bonds. The second kappa shape index (κ2) is 16.3. The summed E-state index contributed by atoms with van der Waals surface area (Å²) in [4.78, 5) is 24.4. The third-order valence-corrected chi connectivity index (χ3v) is 13.3. The lowest BCUT2D eigenvalue weighted by Gasteiger charge is -2.47. The number of nitrogens with zero attached hydrogens (tertiary/aromatic N) is 3. The number of hydrogen-bond donors (Lipinski definition) is 2. The smallest absolute Gasteiger partial charge is 0.329 e. The van der Waals surface area contributed by atoms with Gasteiger partial charge in [-0.3, -0.25) is 9.97 Å². The molecule has 1 fully saturated rings. The van der Waals surface area contributed by atoms with E-state index in [0.29, 0.717) is 55.4 Å². The first-order valence-electron chi connectivity index (χ1n) is 20.5. The number of benzene rings is 2. The van der Waals surface area contributed by atoms with Gasteiger partial charge in [0.15, 0.2) is 11.5 Å². The zero-order valence-corrected chi connectivity index (χ0v) is 33.7. The molecule has 0 saturated heterocycles. The second-order valence-electron chi connectivity index (χ2n) is 17.2. The Kier molecular flexibility index (Phi) is 11.2. The van der Waals surface area contributed by atoms with Crippen molar-refractivity contribution in [1.29, 1.82) is 0 Å². The molecule has 3 aliphatic carbocycles. The highest BCUT2D eigenvalue weighted by atomic mass is 35.5. The minimum Gasteiger partial charge on any atom is -0.493 e. The monoisotopic (exact) mass is 778 g/mol. The Labute approximate surface area is 336 Å². The highest BCUT2D eigenvalue weighted by molar-refractivity contribution is 6.30. The number of pyridine rings is 2. The molecule has 8 rings (SSSR count). The van der Waals surface area contributed by atoms with Crippen LogP contribution in [0, 0.1) is 17.8 Å². The first-order valence-corrected chi connectivity index (χ1v) is 20.9. The molecule has 4 aromatic rings. The van der Waals surface area contributed by atoms with Crippen LogP contribution >= 0.6 is 11.6 Å². The van der Waals surface area contributed by atoms with Crippen molar-refractivity contribution in [2.24, 2.45) is 17.8 Å². The van der Waals surface area contributed by atoms with Gasteiger partial charge in [-0.2, -0.15) is 0 Å². The Morgan fingerprint density at radius 2 is 1.88 bits per heavy atom. The average Bonchev–Trinajstić information content (AvgIpc) is 3.31. The normalized spacial score (nSPS) is 25.9. The fraction of sp³-hybridized carbons (Fsp3) is 0.500. The quantitative estimate of drug-likeness (QED) is 0.146. The van der Waals surface area contributed by atoms with Crippen molar-refractivity contribution in [3.05, 3.63) is 106 Å². The van der Waals surface area contributed by atoms with E-state index >= 15 is 0 Å². The standard InChI is InChI=1S/C46H55ClN4O5/c1-30(27-54-40-12-18-49-39-11-4-7-31(2)43(39)40)19-35-20-34-21-41-42(56-29-33(28-55-41)26-51(3)25-32-8-6-17-48-24-32)23-38(34)45(35)13-15-46(16-14-45,44(52)53)50-37-10-5-9-36(47)22-37/h5-6,8-10,12,17-18,21-24,30-31,33,35,50H,4,7,11,13-16,19-20,25-29H2,1-3H3,(H,52,53)/t30-,31-,33?,35+,45?,46?/m1/s1. The highest BCUT2D eigenvalue weighted by Crippen LogP contribution is 2.58. The minimum atomic E-state index is -1.09. The lowest BCUT2D eigenvalue weighted by molar-refractivity contribution is -0.144. The summed E-state index contributed by atoms with van der Waals surface area (Å²) in [5.74, 6) is 3.03. The van der Waals surface area contributed by atoms with E-state index in [0.717, 1.165) is 68.1 Å². The number of carboxylic acid groups (broad SMARTS) is 1. The SMILES string of the molecule is C[C@@H](COc1ccnc2c1[C@H](C)CCC2)C[C@H]1Cc2cc3c(cc2C12CCC(Nc1cccc(Cl)c1)(C(=O)O)CC2)OCC(CN(C)Cc1cccnc1)CO3. The summed E-state index contributed by atoms with van der Waals surface area (Å²) in [6, 6.07) is 18.0. The maximum absolute atomic E-state index is 13.1. The van der Waals surface area contributed by atoms with E-state index in [1.165, 1.54) is 40.8 Å². The number of aliphatic carboxylic acids is 1. The van der Waals surface area contributed by atoms with Crippen molar-refractivity contribution in [2.75, 3.05) is 38.7 Å². The van der Waals surface area contributed by atoms with Crippen LogP contribution in [0.15, 0.2) is 73.2 Å². The molecule has 9 nitrogen and oxygen atoms in total. The number of nitrogens with one attached hydrogen (secondary N) is 1. The number of aryl methyl sites for hydroxylation is 1. The molecule has 4 aliphatic rings. The van der Waals surface area contributed by atoms with E-state index in [1.807, 2.05) is 48.8 Å². The number of carbonyl (C=O) groups is 1. The van der Waals surface area contributed by atoms with Crippen LogP contribution in [0.25, 0.3) is 0 Å². The lowest BCUT2D eigenvalue weighted by Crippen LogP contribution is -2.53. The summed E-state index contributed by atoms with van der Waals surface area (Å²) in [5.41, 5.74) is 5.68. The van der Waals surface area contributed by atoms with E-state index in [9.17, 15) is 9.90 Å². The molecular weight excluding hydrogens is 724 g/mol. The topological polar surface area (TPSA) is 106 Å². The van der Waals surface area contributed by atoms with Crippen LogP contribution in [0.2, 0.25) is 5.02 Å². The van der Waals surface area contributed by atoms with Gasteiger partial charge in [-0.25, -0.2) is 4.79 Å². The number of rotatable bonds is 12. The fourth-order valence-electron chi connectivity index (χ4n) is 10.2. The first-order chi connectivity index (χ1) is 27.1. The zero-order valence-electron chi connectivity index (χ0n) is 32.9. The highest BCUT2D eigenvalue weighted by Gasteiger charge is 2.54. The summed E-state index contributed by atoms with van der Waals surface area (Å²) >= 11 is 6.33. The third-order valence-electron chi connectivity index (χ3n) is 13.0. The molecule has 2 aromatic carbocycles. The Balaban J connectivity index is 1.02. The molecule has 10 heteroatoms. The van der Waals surface area contributed by atoms with Crippen LogP contribution in [0.1, 0.15) is 92.7 Å². The predicted molar refractivity (Wildman–Crippen MR) is 219 cm³/mol. The van der Waals surface area contributed by atoms with Gasteiger partial charge in [0.2, 0.25) is 0 Å². The van der Waals surface area contributed by atoms with Gasteiger partial charge in [0.05, 0.1) is 19.8 Å². The maximum Gasteiger partial charge on any atom is 0.329 e. The summed E-state index contributed by atoms with van der Waals surface area (Å²) in [5, 5.41) is 14.7. The summed E-state index contributed by atoms with van der Waals surface area (Å²) in [7, 11) is 2.13. The van der Waals surface area contributed by atoms with Crippen molar-refractivity contribution >= 4 is 23.3 Å². The molecule has 0 bridgehead atoms. The van der Waals surface area contributed by atoms with Gasteiger partial charge in [-0.15, -0.1) is 0 Å². The van der Waals surface area contributed by atoms with Gasteiger partial charge >= 0.3 is 5.97 Å². The van der Waals surface area contributed by atoms with Crippen molar-refractivity contribution in [1.82, 2.24) is 14.9 Å². The Hall–Kier alpha value is -4.34. The molecule has 1 aliphatic heterocycles. The molecule has 3 heterocycles. The van der Waals surface area contributed by atoms with Crippen LogP contribution in [-0.4, -0.2) is 64.9 Å². The van der Waals surface area contributed by atoms with Crippen LogP contribution in [0.3, 0.4) is 0 Å². The fourth-order valence-corrected chi connectivity index (χ4v) is 10.4. The summed E-state index contributed by atoms with van der Waals surface area (Å²) in [6.07, 6.45) is 13.3. The molecule has 296 valence electrons. The number of ether oxygens (including phenoxy) is 3. The van der Waals surface area contributed by atoms with Gasteiger partial charge in [0.1, 0.15) is 11.3 Å². The van der Waals surface area contributed by atoms with E-state index < -0.39 is 11.5 Å². The predicted octanol–water partition coefficient (Wildman–Crippen LogP) is 9.11. The second-order valence-corrected chi connectivity index (χ2v) is 17.6. The number of carboxylic acids is 1. The Morgan fingerprint density at radius 1 is 1.07 bits per heavy atom. The van der Waals surface area contributed by atoms with Crippen LogP contribution in [-0.2, 0) is 29.6 Å². The third kappa shape index (κ3) is 7.94. The van der Waals surface area contributed by atoms with Crippen molar-refractivity contribution in [3.63, 3.8) is 0 Å². The Bertz CT molecular complexity index is 2020. The van der Waals surface area contributed by atoms with Crippen molar-refractivity contribution in [2.45, 2.75) is 95.1 Å². The van der Waals surface area contributed by atoms with E-state index in [2.05, 4.69) is 59.3 Å². The molecule has 1 unspecified atom stereocenters. The largest absolute Gasteiger partial charge is 0.493 e. The van der Waals surface area contributed by atoms with E-state index in [-0.39, 0.29) is 11.3 Å². The number of aromatic nitrogens is 2. The van der Waals surface area contributed by atoms with Crippen molar-refractivity contribution < 1.29 is 24.1 Å². The lowest BCUT2D eigenvalue weighted by atomic mass is 9.59. The molecular formula is C46H55ClN4O5. The number of fused-ring (bicyclic) bond motifs is 4.